The van der Waals surface area contributed by atoms with Gasteiger partial charge in [0.05, 0.1) is 5.56 Å². The molecular weight excluding hydrogens is 311 g/mol. The molecule has 0 radical (unpaired) electrons. The maximum Gasteiger partial charge on any atom is 0.140 e. The first-order chi connectivity index (χ1) is 11.2. The van der Waals surface area contributed by atoms with E-state index in [1.165, 1.54) is 6.07 Å². The summed E-state index contributed by atoms with van der Waals surface area (Å²) in [5.74, 6) is 6.11. The van der Waals surface area contributed by atoms with E-state index >= 15 is 0 Å². The second-order valence-corrected chi connectivity index (χ2v) is 5.41. The van der Waals surface area contributed by atoms with Crippen LogP contribution < -0.4 is 4.74 Å². The average Bonchev–Trinajstić information content (AvgIpc) is 2.55. The topological polar surface area (TPSA) is 9.23 Å². The lowest BCUT2D eigenvalue weighted by Gasteiger charge is -2.02. The van der Waals surface area contributed by atoms with Crippen LogP contribution in [0.25, 0.3) is 0 Å². The zero-order chi connectivity index (χ0) is 16.5. The quantitative estimate of drug-likeness (QED) is 0.511. The highest BCUT2D eigenvalue weighted by molar-refractivity contribution is 6.30. The van der Waals surface area contributed by atoms with Crippen molar-refractivity contribution in [3.63, 3.8) is 0 Å². The lowest BCUT2D eigenvalue weighted by atomic mass is 10.1. The van der Waals surface area contributed by atoms with Crippen LogP contribution in [0.2, 0.25) is 5.02 Å². The second-order valence-electron chi connectivity index (χ2n) is 4.97. The highest BCUT2D eigenvalue weighted by Crippen LogP contribution is 2.15. The smallest absolute Gasteiger partial charge is 0.140 e. The third kappa shape index (κ3) is 5.81. The summed E-state index contributed by atoms with van der Waals surface area (Å²) in [4.78, 5) is 0. The van der Waals surface area contributed by atoms with Gasteiger partial charge in [-0.15, -0.1) is 0 Å². The van der Waals surface area contributed by atoms with Crippen LogP contribution in [0.15, 0.2) is 54.6 Å². The summed E-state index contributed by atoms with van der Waals surface area (Å²) in [5.41, 5.74) is 1.13. The molecule has 0 atom stereocenters. The van der Waals surface area contributed by atoms with Gasteiger partial charge in [0.25, 0.3) is 0 Å². The zero-order valence-electron chi connectivity index (χ0n) is 13.0. The van der Waals surface area contributed by atoms with E-state index in [-0.39, 0.29) is 0 Å². The molecule has 0 aliphatic heterocycles. The molecule has 0 saturated carbocycles. The van der Waals surface area contributed by atoms with E-state index in [0.29, 0.717) is 17.2 Å². The Balaban J connectivity index is 1.96. The van der Waals surface area contributed by atoms with Crippen molar-refractivity contribution in [3.8, 4) is 17.6 Å². The minimum absolute atomic E-state index is 0.329. The van der Waals surface area contributed by atoms with Gasteiger partial charge >= 0.3 is 0 Å². The lowest BCUT2D eigenvalue weighted by Crippen LogP contribution is -1.93. The van der Waals surface area contributed by atoms with Gasteiger partial charge in [-0.05, 0) is 48.9 Å². The summed E-state index contributed by atoms with van der Waals surface area (Å²) in [6.45, 7) is 2.70. The average molecular weight is 329 g/mol. The van der Waals surface area contributed by atoms with E-state index in [1.807, 2.05) is 30.3 Å². The van der Waals surface area contributed by atoms with Gasteiger partial charge in [0.15, 0.2) is 0 Å². The first kappa shape index (κ1) is 17.1. The van der Waals surface area contributed by atoms with Crippen molar-refractivity contribution in [2.24, 2.45) is 0 Å². The first-order valence-electron chi connectivity index (χ1n) is 7.54. The van der Waals surface area contributed by atoms with Crippen LogP contribution in [0, 0.1) is 17.7 Å². The number of ether oxygens (including phenoxy) is 1. The van der Waals surface area contributed by atoms with Crippen LogP contribution in [-0.2, 0) is 0 Å². The van der Waals surface area contributed by atoms with Crippen LogP contribution in [0.4, 0.5) is 4.39 Å². The summed E-state index contributed by atoms with van der Waals surface area (Å²) < 4.78 is 19.2. The van der Waals surface area contributed by atoms with Gasteiger partial charge in [0.2, 0.25) is 0 Å². The van der Waals surface area contributed by atoms with Crippen molar-refractivity contribution in [1.29, 1.82) is 0 Å². The molecule has 2 aromatic rings. The van der Waals surface area contributed by atoms with Crippen molar-refractivity contribution >= 4 is 11.6 Å². The van der Waals surface area contributed by atoms with Crippen molar-refractivity contribution < 1.29 is 9.13 Å². The predicted octanol–water partition coefficient (Wildman–Crippen LogP) is 5.61. The van der Waals surface area contributed by atoms with E-state index in [1.54, 1.807) is 12.1 Å². The lowest BCUT2D eigenvalue weighted by molar-refractivity contribution is 0.362. The molecule has 0 aromatic heterocycles. The second kappa shape index (κ2) is 9.02. The molecule has 0 amide bonds. The SMILES string of the molecule is CCCC=CCOc1ccc(C#Cc2ccc(Cl)cc2F)cc1. The van der Waals surface area contributed by atoms with Crippen molar-refractivity contribution in [3.05, 3.63) is 76.6 Å². The van der Waals surface area contributed by atoms with Crippen LogP contribution in [0.3, 0.4) is 0 Å². The Morgan fingerprint density at radius 1 is 1.09 bits per heavy atom. The molecule has 2 rings (SSSR count). The molecule has 0 spiro atoms. The summed E-state index contributed by atoms with van der Waals surface area (Å²) >= 11 is 5.71. The normalized spacial score (nSPS) is 10.4. The number of allylic oxidation sites excluding steroid dienone is 1. The Labute approximate surface area is 141 Å². The first-order valence-corrected chi connectivity index (χ1v) is 7.92. The van der Waals surface area contributed by atoms with Gasteiger partial charge in [0.1, 0.15) is 18.2 Å². The van der Waals surface area contributed by atoms with Gasteiger partial charge < -0.3 is 4.74 Å². The number of unbranched alkanes of at least 4 members (excludes halogenated alkanes) is 1. The number of hydrogen-bond donors (Lipinski definition) is 0. The Hall–Kier alpha value is -2.24. The molecule has 0 saturated heterocycles. The predicted molar refractivity (Wildman–Crippen MR) is 93.4 cm³/mol. The molecule has 0 aliphatic carbocycles. The van der Waals surface area contributed by atoms with E-state index in [4.69, 9.17) is 16.3 Å². The van der Waals surface area contributed by atoms with Gasteiger partial charge in [-0.25, -0.2) is 4.39 Å². The van der Waals surface area contributed by atoms with E-state index < -0.39 is 5.82 Å². The Morgan fingerprint density at radius 3 is 2.57 bits per heavy atom. The third-order valence-corrected chi connectivity index (χ3v) is 3.33. The molecular formula is C20H18ClFO. The Kier molecular flexibility index (Phi) is 6.72. The summed E-state index contributed by atoms with van der Waals surface area (Å²) in [6, 6.07) is 11.9. The van der Waals surface area contributed by atoms with E-state index in [0.717, 1.165) is 24.2 Å². The summed E-state index contributed by atoms with van der Waals surface area (Å²) in [7, 11) is 0. The summed E-state index contributed by atoms with van der Waals surface area (Å²) in [5, 5.41) is 0.363. The monoisotopic (exact) mass is 328 g/mol. The van der Waals surface area contributed by atoms with Crippen molar-refractivity contribution in [2.75, 3.05) is 6.61 Å². The number of halogens is 2. The number of hydrogen-bond acceptors (Lipinski definition) is 1. The molecule has 0 heterocycles. The van der Waals surface area contributed by atoms with E-state index in [2.05, 4.69) is 24.8 Å². The largest absolute Gasteiger partial charge is 0.490 e. The molecule has 118 valence electrons. The molecule has 2 aromatic carbocycles. The number of benzene rings is 2. The molecule has 3 heteroatoms. The molecule has 0 fully saturated rings. The van der Waals surface area contributed by atoms with Crippen molar-refractivity contribution in [2.45, 2.75) is 19.8 Å². The highest BCUT2D eigenvalue weighted by Gasteiger charge is 1.99. The fourth-order valence-electron chi connectivity index (χ4n) is 1.86. The van der Waals surface area contributed by atoms with Gasteiger partial charge in [-0.1, -0.05) is 48.9 Å². The van der Waals surface area contributed by atoms with Gasteiger partial charge in [-0.2, -0.15) is 0 Å². The minimum Gasteiger partial charge on any atom is -0.490 e. The molecule has 23 heavy (non-hydrogen) atoms. The maximum atomic E-state index is 13.6. The third-order valence-electron chi connectivity index (χ3n) is 3.10. The fraction of sp³-hybridized carbons (Fsp3) is 0.200. The molecule has 0 bridgehead atoms. The highest BCUT2D eigenvalue weighted by atomic mass is 35.5. The summed E-state index contributed by atoms with van der Waals surface area (Å²) in [6.07, 6.45) is 6.33. The molecule has 0 N–H and O–H groups in total. The van der Waals surface area contributed by atoms with Gasteiger partial charge in [-0.3, -0.25) is 0 Å². The Morgan fingerprint density at radius 2 is 1.87 bits per heavy atom. The zero-order valence-corrected chi connectivity index (χ0v) is 13.7. The fourth-order valence-corrected chi connectivity index (χ4v) is 2.02. The van der Waals surface area contributed by atoms with E-state index in [9.17, 15) is 4.39 Å². The standard InChI is InChI=1S/C20H18ClFO/c1-2-3-4-5-14-23-19-12-7-16(8-13-19)6-9-17-10-11-18(21)15-20(17)22/h4-5,7-8,10-13,15H,2-3,14H2,1H3. The van der Waals surface area contributed by atoms with Gasteiger partial charge in [0, 0.05) is 10.6 Å². The molecule has 0 aliphatic rings. The molecule has 1 nitrogen and oxygen atoms in total. The van der Waals surface area contributed by atoms with Crippen molar-refractivity contribution in [1.82, 2.24) is 0 Å². The molecule has 0 unspecified atom stereocenters. The van der Waals surface area contributed by atoms with Crippen LogP contribution >= 0.6 is 11.6 Å². The Bertz CT molecular complexity index is 724. The van der Waals surface area contributed by atoms with Crippen LogP contribution in [0.5, 0.6) is 5.75 Å². The maximum absolute atomic E-state index is 13.6. The minimum atomic E-state index is -0.413. The number of rotatable bonds is 5. The van der Waals surface area contributed by atoms with Crippen LogP contribution in [-0.4, -0.2) is 6.61 Å². The van der Waals surface area contributed by atoms with Crippen LogP contribution in [0.1, 0.15) is 30.9 Å².